The van der Waals surface area contributed by atoms with Gasteiger partial charge in [0.15, 0.2) is 6.10 Å². The van der Waals surface area contributed by atoms with Gasteiger partial charge in [-0.1, -0.05) is 60.1 Å². The van der Waals surface area contributed by atoms with Gasteiger partial charge in [-0.15, -0.1) is 0 Å². The van der Waals surface area contributed by atoms with E-state index in [1.807, 2.05) is 30.3 Å². The van der Waals surface area contributed by atoms with Crippen LogP contribution in [-0.2, 0) is 4.74 Å². The molecule has 0 aliphatic heterocycles. The lowest BCUT2D eigenvalue weighted by Crippen LogP contribution is -2.36. The first-order chi connectivity index (χ1) is 12.6. The summed E-state index contributed by atoms with van der Waals surface area (Å²) in [5.41, 5.74) is 0.400. The SMILES string of the molecule is O=C(OC1C#C[C@@H](O)[C@H](O)[C@@H](O)C#C/C=C\1)c1cccc2ccccc12. The summed E-state index contributed by atoms with van der Waals surface area (Å²) in [6.45, 7) is 0. The van der Waals surface area contributed by atoms with Crippen molar-refractivity contribution in [2.75, 3.05) is 0 Å². The summed E-state index contributed by atoms with van der Waals surface area (Å²) in [5.74, 6) is 9.26. The average Bonchev–Trinajstić information content (AvgIpc) is 2.66. The maximum absolute atomic E-state index is 12.6. The van der Waals surface area contributed by atoms with Gasteiger partial charge >= 0.3 is 5.97 Å². The minimum Gasteiger partial charge on any atom is -0.441 e. The molecular weight excluding hydrogens is 332 g/mol. The molecule has 1 aliphatic rings. The summed E-state index contributed by atoms with van der Waals surface area (Å²) in [4.78, 5) is 12.6. The number of benzene rings is 2. The van der Waals surface area contributed by atoms with Crippen LogP contribution in [0.1, 0.15) is 10.4 Å². The summed E-state index contributed by atoms with van der Waals surface area (Å²) < 4.78 is 5.41. The Bertz CT molecular complexity index is 965. The first kappa shape index (κ1) is 17.7. The molecular formula is C21H16O5. The molecule has 5 nitrogen and oxygen atoms in total. The topological polar surface area (TPSA) is 87.0 Å². The van der Waals surface area contributed by atoms with Crippen molar-refractivity contribution >= 4 is 16.7 Å². The summed E-state index contributed by atoms with van der Waals surface area (Å²) in [5, 5.41) is 30.7. The van der Waals surface area contributed by atoms with Crippen LogP contribution in [0.2, 0.25) is 0 Å². The van der Waals surface area contributed by atoms with Crippen molar-refractivity contribution in [3.8, 4) is 23.7 Å². The Hall–Kier alpha value is -3.09. The molecule has 0 aromatic heterocycles. The Morgan fingerprint density at radius 1 is 0.923 bits per heavy atom. The maximum Gasteiger partial charge on any atom is 0.340 e. The number of hydrogen-bond donors (Lipinski definition) is 3. The fourth-order valence-electron chi connectivity index (χ4n) is 2.48. The van der Waals surface area contributed by atoms with Crippen LogP contribution in [0, 0.1) is 23.7 Å². The zero-order valence-electron chi connectivity index (χ0n) is 13.7. The number of ether oxygens (including phenoxy) is 1. The molecule has 0 heterocycles. The molecule has 2 aromatic rings. The van der Waals surface area contributed by atoms with E-state index in [1.165, 1.54) is 12.2 Å². The van der Waals surface area contributed by atoms with Gasteiger partial charge in [-0.25, -0.2) is 4.79 Å². The average molecular weight is 348 g/mol. The number of allylic oxidation sites excluding steroid dienone is 1. The molecule has 130 valence electrons. The van der Waals surface area contributed by atoms with Crippen molar-refractivity contribution in [1.82, 2.24) is 0 Å². The van der Waals surface area contributed by atoms with Gasteiger partial charge in [-0.05, 0) is 29.0 Å². The van der Waals surface area contributed by atoms with E-state index in [2.05, 4.69) is 23.7 Å². The van der Waals surface area contributed by atoms with Crippen LogP contribution in [0.4, 0.5) is 0 Å². The molecule has 0 radical (unpaired) electrons. The first-order valence-electron chi connectivity index (χ1n) is 7.98. The van der Waals surface area contributed by atoms with Crippen LogP contribution >= 0.6 is 0 Å². The zero-order valence-corrected chi connectivity index (χ0v) is 13.7. The molecule has 0 fully saturated rings. The molecule has 0 spiro atoms. The van der Waals surface area contributed by atoms with Gasteiger partial charge in [0.05, 0.1) is 5.56 Å². The second-order valence-corrected chi connectivity index (χ2v) is 5.67. The highest BCUT2D eigenvalue weighted by molar-refractivity contribution is 6.04. The van der Waals surface area contributed by atoms with Crippen molar-refractivity contribution in [3.05, 3.63) is 60.2 Å². The number of aliphatic hydroxyl groups is 3. The maximum atomic E-state index is 12.6. The molecule has 0 saturated heterocycles. The Balaban J connectivity index is 1.87. The van der Waals surface area contributed by atoms with Gasteiger partial charge in [-0.3, -0.25) is 0 Å². The van der Waals surface area contributed by atoms with E-state index in [4.69, 9.17) is 4.74 Å². The van der Waals surface area contributed by atoms with Gasteiger partial charge < -0.3 is 20.1 Å². The lowest BCUT2D eigenvalue weighted by molar-refractivity contribution is -0.0136. The predicted octanol–water partition coefficient (Wildman–Crippen LogP) is 1.02. The van der Waals surface area contributed by atoms with Crippen molar-refractivity contribution < 1.29 is 24.9 Å². The van der Waals surface area contributed by atoms with Gasteiger partial charge in [0.2, 0.25) is 0 Å². The van der Waals surface area contributed by atoms with Crippen LogP contribution in [0.25, 0.3) is 10.8 Å². The van der Waals surface area contributed by atoms with Crippen LogP contribution < -0.4 is 0 Å². The minimum absolute atomic E-state index is 0.400. The highest BCUT2D eigenvalue weighted by atomic mass is 16.5. The van der Waals surface area contributed by atoms with E-state index in [9.17, 15) is 20.1 Å². The third kappa shape index (κ3) is 3.93. The summed E-state index contributed by atoms with van der Waals surface area (Å²) >= 11 is 0. The quantitative estimate of drug-likeness (QED) is 0.557. The molecule has 3 rings (SSSR count). The number of rotatable bonds is 2. The molecule has 0 bridgehead atoms. The Labute approximate surface area is 150 Å². The summed E-state index contributed by atoms with van der Waals surface area (Å²) in [6, 6.07) is 12.8. The third-order valence-electron chi connectivity index (χ3n) is 3.85. The van der Waals surface area contributed by atoms with Crippen LogP contribution in [0.15, 0.2) is 54.6 Å². The summed E-state index contributed by atoms with van der Waals surface area (Å²) in [7, 11) is 0. The van der Waals surface area contributed by atoms with Gasteiger partial charge in [0.25, 0.3) is 0 Å². The highest BCUT2D eigenvalue weighted by Crippen LogP contribution is 2.19. The molecule has 5 heteroatoms. The van der Waals surface area contributed by atoms with Crippen LogP contribution in [-0.4, -0.2) is 45.7 Å². The van der Waals surface area contributed by atoms with E-state index in [0.717, 1.165) is 10.8 Å². The van der Waals surface area contributed by atoms with E-state index in [0.29, 0.717) is 5.56 Å². The van der Waals surface area contributed by atoms with E-state index < -0.39 is 30.4 Å². The van der Waals surface area contributed by atoms with Gasteiger partial charge in [0.1, 0.15) is 18.3 Å². The second kappa shape index (κ2) is 7.86. The predicted molar refractivity (Wildman–Crippen MR) is 95.9 cm³/mol. The van der Waals surface area contributed by atoms with Crippen molar-refractivity contribution in [3.63, 3.8) is 0 Å². The van der Waals surface area contributed by atoms with Gasteiger partial charge in [-0.2, -0.15) is 0 Å². The molecule has 4 atom stereocenters. The number of carbonyl (C=O) groups is 1. The fourth-order valence-corrected chi connectivity index (χ4v) is 2.48. The molecule has 26 heavy (non-hydrogen) atoms. The second-order valence-electron chi connectivity index (χ2n) is 5.67. The fraction of sp³-hybridized carbons (Fsp3) is 0.190. The Kier molecular flexibility index (Phi) is 5.36. The molecule has 0 saturated carbocycles. The van der Waals surface area contributed by atoms with E-state index in [1.54, 1.807) is 12.1 Å². The van der Waals surface area contributed by atoms with Crippen molar-refractivity contribution in [2.24, 2.45) is 0 Å². The van der Waals surface area contributed by atoms with E-state index in [-0.39, 0.29) is 0 Å². The molecule has 1 aliphatic carbocycles. The molecule has 1 unspecified atom stereocenters. The number of esters is 1. The van der Waals surface area contributed by atoms with Crippen molar-refractivity contribution in [2.45, 2.75) is 24.4 Å². The van der Waals surface area contributed by atoms with Crippen LogP contribution in [0.5, 0.6) is 0 Å². The monoisotopic (exact) mass is 348 g/mol. The number of fused-ring (bicyclic) bond motifs is 1. The number of carbonyl (C=O) groups excluding carboxylic acids is 1. The van der Waals surface area contributed by atoms with Crippen LogP contribution in [0.3, 0.4) is 0 Å². The normalized spacial score (nSPS) is 26.0. The number of aliphatic hydroxyl groups excluding tert-OH is 3. The largest absolute Gasteiger partial charge is 0.441 e. The Morgan fingerprint density at radius 2 is 1.65 bits per heavy atom. The summed E-state index contributed by atoms with van der Waals surface area (Å²) in [6.07, 6.45) is -2.59. The molecule has 3 N–H and O–H groups in total. The number of hydrogen-bond acceptors (Lipinski definition) is 5. The minimum atomic E-state index is -1.53. The Morgan fingerprint density at radius 3 is 2.50 bits per heavy atom. The zero-order chi connectivity index (χ0) is 18.5. The highest BCUT2D eigenvalue weighted by Gasteiger charge is 2.22. The first-order valence-corrected chi connectivity index (χ1v) is 7.98. The van der Waals surface area contributed by atoms with E-state index >= 15 is 0 Å². The third-order valence-corrected chi connectivity index (χ3v) is 3.85. The molecule has 2 aromatic carbocycles. The smallest absolute Gasteiger partial charge is 0.340 e. The standard InChI is InChI=1S/C21H16O5/c22-18-11-4-2-8-15(12-13-19(23)20(18)24)26-21(25)17-10-5-7-14-6-1-3-9-16(14)17/h1-3,5-10,15,18-20,22-24H/b8-2-/t15?,18-,19+,20+/m0/s1. The molecule has 0 amide bonds. The lowest BCUT2D eigenvalue weighted by atomic mass is 10.0. The lowest BCUT2D eigenvalue weighted by Gasteiger charge is -2.16. The van der Waals surface area contributed by atoms with Gasteiger partial charge in [0, 0.05) is 0 Å². The van der Waals surface area contributed by atoms with Crippen molar-refractivity contribution in [1.29, 1.82) is 0 Å².